The Labute approximate surface area is 116 Å². The van der Waals surface area contributed by atoms with Gasteiger partial charge in [0.15, 0.2) is 0 Å². The molecule has 0 bridgehead atoms. The number of rotatable bonds is 7. The first kappa shape index (κ1) is 15.4. The number of nitrogens with one attached hydrogen (secondary N) is 1. The molecule has 1 aromatic rings. The summed E-state index contributed by atoms with van der Waals surface area (Å²) in [5.41, 5.74) is 0.633. The highest BCUT2D eigenvalue weighted by molar-refractivity contribution is 7.12. The van der Waals surface area contributed by atoms with Crippen molar-refractivity contribution in [2.24, 2.45) is 0 Å². The van der Waals surface area contributed by atoms with Crippen LogP contribution in [0.5, 0.6) is 0 Å². The lowest BCUT2D eigenvalue weighted by Gasteiger charge is -2.13. The maximum Gasteiger partial charge on any atom is 0.328 e. The zero-order valence-electron chi connectivity index (χ0n) is 11.0. The summed E-state index contributed by atoms with van der Waals surface area (Å²) in [6.45, 7) is 4.34. The van der Waals surface area contributed by atoms with Crippen LogP contribution in [0.25, 0.3) is 6.08 Å². The third-order valence-corrected chi connectivity index (χ3v) is 3.56. The molecule has 0 saturated heterocycles. The Balaban J connectivity index is 2.58. The first-order chi connectivity index (χ1) is 9.04. The first-order valence-electron chi connectivity index (χ1n) is 5.99. The van der Waals surface area contributed by atoms with Crippen molar-refractivity contribution in [2.45, 2.75) is 6.92 Å². The van der Waals surface area contributed by atoms with E-state index in [1.807, 2.05) is 7.05 Å². The summed E-state index contributed by atoms with van der Waals surface area (Å²) in [5, 5.41) is 13.2. The van der Waals surface area contributed by atoms with Crippen LogP contribution < -0.4 is 5.32 Å². The normalized spacial score (nSPS) is 11.1. The SMILES string of the molecule is CCN(C)CCNC(=O)c1sccc1/C=C/C(=O)O. The first-order valence-corrected chi connectivity index (χ1v) is 6.87. The van der Waals surface area contributed by atoms with E-state index in [-0.39, 0.29) is 5.91 Å². The molecule has 0 fully saturated rings. The standard InChI is InChI=1S/C13H18N2O3S/c1-3-15(2)8-7-14-13(18)12-10(6-9-19-12)4-5-11(16)17/h4-6,9H,3,7-8H2,1-2H3,(H,14,18)(H,16,17)/b5-4+. The largest absolute Gasteiger partial charge is 0.478 e. The number of nitrogens with zero attached hydrogens (tertiary/aromatic N) is 1. The van der Waals surface area contributed by atoms with Crippen LogP contribution in [0, 0.1) is 0 Å². The van der Waals surface area contributed by atoms with Crippen LogP contribution in [-0.2, 0) is 4.79 Å². The quantitative estimate of drug-likeness (QED) is 0.744. The average molecular weight is 282 g/mol. The van der Waals surface area contributed by atoms with Crippen LogP contribution in [0.2, 0.25) is 0 Å². The predicted octanol–water partition coefficient (Wildman–Crippen LogP) is 1.53. The molecule has 0 radical (unpaired) electrons. The minimum absolute atomic E-state index is 0.162. The van der Waals surface area contributed by atoms with E-state index in [2.05, 4.69) is 17.1 Å². The zero-order valence-corrected chi connectivity index (χ0v) is 11.9. The maximum absolute atomic E-state index is 11.9. The van der Waals surface area contributed by atoms with Gasteiger partial charge in [0.1, 0.15) is 0 Å². The maximum atomic E-state index is 11.9. The van der Waals surface area contributed by atoms with E-state index in [0.717, 1.165) is 19.2 Å². The summed E-state index contributed by atoms with van der Waals surface area (Å²) >= 11 is 1.30. The van der Waals surface area contributed by atoms with Gasteiger partial charge in [-0.05, 0) is 36.7 Å². The molecule has 1 amide bonds. The van der Waals surface area contributed by atoms with Crippen molar-refractivity contribution in [2.75, 3.05) is 26.7 Å². The number of carboxylic acids is 1. The molecule has 19 heavy (non-hydrogen) atoms. The second-order valence-corrected chi connectivity index (χ2v) is 4.94. The number of carbonyl (C=O) groups excluding carboxylic acids is 1. The zero-order chi connectivity index (χ0) is 14.3. The van der Waals surface area contributed by atoms with E-state index in [1.54, 1.807) is 11.4 Å². The molecule has 0 aliphatic carbocycles. The molecular formula is C13H18N2O3S. The molecule has 5 nitrogen and oxygen atoms in total. The molecular weight excluding hydrogens is 264 g/mol. The van der Waals surface area contributed by atoms with Gasteiger partial charge in [-0.3, -0.25) is 4.79 Å². The van der Waals surface area contributed by atoms with E-state index < -0.39 is 5.97 Å². The number of carbonyl (C=O) groups is 2. The molecule has 0 aliphatic heterocycles. The fraction of sp³-hybridized carbons (Fsp3) is 0.385. The molecule has 1 heterocycles. The highest BCUT2D eigenvalue weighted by Gasteiger charge is 2.11. The van der Waals surface area contributed by atoms with Gasteiger partial charge < -0.3 is 15.3 Å². The molecule has 0 spiro atoms. The van der Waals surface area contributed by atoms with Crippen molar-refractivity contribution in [3.05, 3.63) is 28.0 Å². The van der Waals surface area contributed by atoms with Gasteiger partial charge in [0.05, 0.1) is 4.88 Å². The number of carboxylic acid groups (broad SMARTS) is 1. The minimum atomic E-state index is -1.03. The van der Waals surface area contributed by atoms with Gasteiger partial charge >= 0.3 is 5.97 Å². The Bertz CT molecular complexity index is 468. The highest BCUT2D eigenvalue weighted by atomic mass is 32.1. The molecule has 1 aromatic heterocycles. The fourth-order valence-corrected chi connectivity index (χ4v) is 2.20. The van der Waals surface area contributed by atoms with Gasteiger partial charge in [-0.15, -0.1) is 11.3 Å². The monoisotopic (exact) mass is 282 g/mol. The summed E-state index contributed by atoms with van der Waals surface area (Å²) in [4.78, 5) is 25.0. The number of hydrogen-bond acceptors (Lipinski definition) is 4. The van der Waals surface area contributed by atoms with Gasteiger partial charge in [0, 0.05) is 19.2 Å². The second-order valence-electron chi connectivity index (χ2n) is 4.03. The highest BCUT2D eigenvalue weighted by Crippen LogP contribution is 2.18. The lowest BCUT2D eigenvalue weighted by molar-refractivity contribution is -0.131. The van der Waals surface area contributed by atoms with Crippen LogP contribution in [0.3, 0.4) is 0 Å². The molecule has 0 aromatic carbocycles. The smallest absolute Gasteiger partial charge is 0.328 e. The van der Waals surface area contributed by atoms with E-state index in [1.165, 1.54) is 17.4 Å². The van der Waals surface area contributed by atoms with Gasteiger partial charge in [0.2, 0.25) is 0 Å². The third kappa shape index (κ3) is 5.23. The van der Waals surface area contributed by atoms with E-state index in [0.29, 0.717) is 17.0 Å². The second kappa shape index (κ2) is 7.70. The van der Waals surface area contributed by atoms with Gasteiger partial charge in [-0.2, -0.15) is 0 Å². The van der Waals surface area contributed by atoms with E-state index in [4.69, 9.17) is 5.11 Å². The van der Waals surface area contributed by atoms with Crippen molar-refractivity contribution < 1.29 is 14.7 Å². The summed E-state index contributed by atoms with van der Waals surface area (Å²) < 4.78 is 0. The number of thiophene rings is 1. The average Bonchev–Trinajstić information content (AvgIpc) is 2.84. The van der Waals surface area contributed by atoms with Crippen LogP contribution in [-0.4, -0.2) is 48.6 Å². The number of likely N-dealkylation sites (N-methyl/N-ethyl adjacent to an activating group) is 1. The Morgan fingerprint density at radius 1 is 1.53 bits per heavy atom. The van der Waals surface area contributed by atoms with Crippen molar-refractivity contribution in [3.8, 4) is 0 Å². The Hall–Kier alpha value is -1.66. The van der Waals surface area contributed by atoms with Crippen molar-refractivity contribution >= 4 is 29.3 Å². The summed E-state index contributed by atoms with van der Waals surface area (Å²) in [6.07, 6.45) is 2.47. The van der Waals surface area contributed by atoms with Gasteiger partial charge in [-0.25, -0.2) is 4.79 Å². The summed E-state index contributed by atoms with van der Waals surface area (Å²) in [7, 11) is 1.98. The number of amides is 1. The van der Waals surface area contributed by atoms with Crippen LogP contribution in [0.4, 0.5) is 0 Å². The molecule has 2 N–H and O–H groups in total. The van der Waals surface area contributed by atoms with E-state index in [9.17, 15) is 9.59 Å². The van der Waals surface area contributed by atoms with Crippen molar-refractivity contribution in [3.63, 3.8) is 0 Å². The lowest BCUT2D eigenvalue weighted by Crippen LogP contribution is -2.32. The van der Waals surface area contributed by atoms with Gasteiger partial charge in [-0.1, -0.05) is 6.92 Å². The van der Waals surface area contributed by atoms with Gasteiger partial charge in [0.25, 0.3) is 5.91 Å². The van der Waals surface area contributed by atoms with Crippen LogP contribution in [0.1, 0.15) is 22.2 Å². The molecule has 104 valence electrons. The predicted molar refractivity (Wildman–Crippen MR) is 76.5 cm³/mol. The lowest BCUT2D eigenvalue weighted by atomic mass is 10.2. The number of hydrogen-bond donors (Lipinski definition) is 2. The summed E-state index contributed by atoms with van der Waals surface area (Å²) in [6, 6.07) is 1.73. The fourth-order valence-electron chi connectivity index (χ4n) is 1.39. The topological polar surface area (TPSA) is 69.6 Å². The Kier molecular flexibility index (Phi) is 6.24. The Morgan fingerprint density at radius 3 is 2.89 bits per heavy atom. The molecule has 1 rings (SSSR count). The minimum Gasteiger partial charge on any atom is -0.478 e. The van der Waals surface area contributed by atoms with Crippen molar-refractivity contribution in [1.82, 2.24) is 10.2 Å². The van der Waals surface area contributed by atoms with E-state index >= 15 is 0 Å². The molecule has 0 unspecified atom stereocenters. The van der Waals surface area contributed by atoms with Crippen LogP contribution >= 0.6 is 11.3 Å². The molecule has 6 heteroatoms. The Morgan fingerprint density at radius 2 is 2.26 bits per heavy atom. The number of aliphatic carboxylic acids is 1. The van der Waals surface area contributed by atoms with Crippen molar-refractivity contribution in [1.29, 1.82) is 0 Å². The molecule has 0 atom stereocenters. The molecule has 0 saturated carbocycles. The summed E-state index contributed by atoms with van der Waals surface area (Å²) in [5.74, 6) is -1.19. The third-order valence-electron chi connectivity index (χ3n) is 2.63. The van der Waals surface area contributed by atoms with Crippen LogP contribution in [0.15, 0.2) is 17.5 Å². The molecule has 0 aliphatic rings.